The molecule has 4 rings (SSSR count). The Morgan fingerprint density at radius 3 is 2.62 bits per heavy atom. The van der Waals surface area contributed by atoms with E-state index in [0.717, 1.165) is 41.0 Å². The fourth-order valence-electron chi connectivity index (χ4n) is 3.72. The standard InChI is InChI=1S/C23H30N4O2/c1-14(2)19-12-18(20-15(3)25-27(21(20)24-19)23(4,5)6)22(28)26(16-9-10-16)13-17-8-7-11-29-17/h7-8,11-12,14,16H,9-10,13H2,1-6H3. The second kappa shape index (κ2) is 7.01. The highest BCUT2D eigenvalue weighted by Crippen LogP contribution is 2.34. The maximum absolute atomic E-state index is 13.8. The summed E-state index contributed by atoms with van der Waals surface area (Å²) >= 11 is 0. The Balaban J connectivity index is 1.87. The molecule has 0 radical (unpaired) electrons. The molecule has 0 atom stereocenters. The van der Waals surface area contributed by atoms with E-state index in [1.165, 1.54) is 0 Å². The summed E-state index contributed by atoms with van der Waals surface area (Å²) in [6.07, 6.45) is 3.74. The predicted octanol–water partition coefficient (Wildman–Crippen LogP) is 5.02. The third kappa shape index (κ3) is 3.68. The Hall–Kier alpha value is -2.63. The fraction of sp³-hybridized carbons (Fsp3) is 0.522. The van der Waals surface area contributed by atoms with Crippen LogP contribution in [0.3, 0.4) is 0 Å². The summed E-state index contributed by atoms with van der Waals surface area (Å²) in [7, 11) is 0. The molecule has 1 aliphatic rings. The number of pyridine rings is 1. The number of nitrogens with zero attached hydrogens (tertiary/aromatic N) is 4. The van der Waals surface area contributed by atoms with Gasteiger partial charge in [0.15, 0.2) is 5.65 Å². The van der Waals surface area contributed by atoms with Crippen LogP contribution < -0.4 is 0 Å². The van der Waals surface area contributed by atoms with E-state index >= 15 is 0 Å². The number of hydrogen-bond donors (Lipinski definition) is 0. The van der Waals surface area contributed by atoms with E-state index in [-0.39, 0.29) is 23.4 Å². The molecule has 1 aliphatic carbocycles. The van der Waals surface area contributed by atoms with Crippen LogP contribution in [0.1, 0.15) is 80.9 Å². The number of fused-ring (bicyclic) bond motifs is 1. The van der Waals surface area contributed by atoms with Crippen LogP contribution in [0.15, 0.2) is 28.9 Å². The van der Waals surface area contributed by atoms with Crippen molar-refractivity contribution in [1.82, 2.24) is 19.7 Å². The summed E-state index contributed by atoms with van der Waals surface area (Å²) in [5.41, 5.74) is 3.03. The molecule has 1 amide bonds. The minimum Gasteiger partial charge on any atom is -0.467 e. The molecule has 29 heavy (non-hydrogen) atoms. The van der Waals surface area contributed by atoms with Crippen LogP contribution in [-0.4, -0.2) is 31.6 Å². The highest BCUT2D eigenvalue weighted by atomic mass is 16.3. The number of aryl methyl sites for hydroxylation is 1. The van der Waals surface area contributed by atoms with Crippen molar-refractivity contribution in [3.8, 4) is 0 Å². The van der Waals surface area contributed by atoms with Crippen LogP contribution in [0.5, 0.6) is 0 Å². The lowest BCUT2D eigenvalue weighted by molar-refractivity contribution is 0.0719. The van der Waals surface area contributed by atoms with Gasteiger partial charge in [0.05, 0.1) is 35.0 Å². The van der Waals surface area contributed by atoms with E-state index in [4.69, 9.17) is 14.5 Å². The van der Waals surface area contributed by atoms with Crippen LogP contribution in [-0.2, 0) is 12.1 Å². The van der Waals surface area contributed by atoms with Crippen molar-refractivity contribution in [2.45, 2.75) is 78.4 Å². The van der Waals surface area contributed by atoms with Gasteiger partial charge in [-0.1, -0.05) is 13.8 Å². The average molecular weight is 395 g/mol. The quantitative estimate of drug-likeness (QED) is 0.610. The Labute approximate surface area is 171 Å². The first-order valence-corrected chi connectivity index (χ1v) is 10.4. The van der Waals surface area contributed by atoms with Crippen molar-refractivity contribution in [3.05, 3.63) is 47.2 Å². The number of carbonyl (C=O) groups excluding carboxylic acids is 1. The third-order valence-corrected chi connectivity index (χ3v) is 5.44. The molecule has 1 fully saturated rings. The first kappa shape index (κ1) is 19.7. The van der Waals surface area contributed by atoms with E-state index in [0.29, 0.717) is 12.1 Å². The van der Waals surface area contributed by atoms with Gasteiger partial charge < -0.3 is 9.32 Å². The number of hydrogen-bond acceptors (Lipinski definition) is 4. The highest BCUT2D eigenvalue weighted by Gasteiger charge is 2.35. The summed E-state index contributed by atoms with van der Waals surface area (Å²) in [5.74, 6) is 1.06. The molecule has 0 N–H and O–H groups in total. The van der Waals surface area contributed by atoms with E-state index in [9.17, 15) is 4.79 Å². The normalized spacial score (nSPS) is 14.7. The van der Waals surface area contributed by atoms with Gasteiger partial charge in [-0.05, 0) is 64.7 Å². The lowest BCUT2D eigenvalue weighted by Gasteiger charge is -2.23. The van der Waals surface area contributed by atoms with Crippen LogP contribution in [0.2, 0.25) is 0 Å². The largest absolute Gasteiger partial charge is 0.467 e. The second-order valence-corrected chi connectivity index (χ2v) is 9.36. The monoisotopic (exact) mass is 394 g/mol. The predicted molar refractivity (Wildman–Crippen MR) is 113 cm³/mol. The zero-order valence-corrected chi connectivity index (χ0v) is 18.2. The van der Waals surface area contributed by atoms with Crippen LogP contribution >= 0.6 is 0 Å². The lowest BCUT2D eigenvalue weighted by atomic mass is 10.0. The molecule has 6 heteroatoms. The number of rotatable bonds is 5. The SMILES string of the molecule is Cc1nn(C(C)(C)C)c2nc(C(C)C)cc(C(=O)N(Cc3ccco3)C3CC3)c12. The molecular formula is C23H30N4O2. The summed E-state index contributed by atoms with van der Waals surface area (Å²) in [6, 6.07) is 6.03. The van der Waals surface area contributed by atoms with Crippen molar-refractivity contribution < 1.29 is 9.21 Å². The summed E-state index contributed by atoms with van der Waals surface area (Å²) in [4.78, 5) is 20.6. The number of furan rings is 1. The van der Waals surface area contributed by atoms with Gasteiger partial charge in [0.2, 0.25) is 0 Å². The van der Waals surface area contributed by atoms with Crippen molar-refractivity contribution in [2.75, 3.05) is 0 Å². The first-order valence-electron chi connectivity index (χ1n) is 10.4. The lowest BCUT2D eigenvalue weighted by Crippen LogP contribution is -2.33. The Morgan fingerprint density at radius 2 is 2.07 bits per heavy atom. The van der Waals surface area contributed by atoms with Crippen molar-refractivity contribution in [1.29, 1.82) is 0 Å². The summed E-state index contributed by atoms with van der Waals surface area (Å²) < 4.78 is 7.48. The third-order valence-electron chi connectivity index (χ3n) is 5.44. The number of carbonyl (C=O) groups is 1. The van der Waals surface area contributed by atoms with Crippen LogP contribution in [0, 0.1) is 6.92 Å². The fourth-order valence-corrected chi connectivity index (χ4v) is 3.72. The van der Waals surface area contributed by atoms with E-state index in [2.05, 4.69) is 34.6 Å². The van der Waals surface area contributed by atoms with Gasteiger partial charge in [-0.3, -0.25) is 4.79 Å². The first-order chi connectivity index (χ1) is 13.7. The summed E-state index contributed by atoms with van der Waals surface area (Å²) in [5, 5.41) is 5.63. The van der Waals surface area contributed by atoms with E-state index in [1.54, 1.807) is 6.26 Å². The molecule has 3 aromatic rings. The van der Waals surface area contributed by atoms with Crippen LogP contribution in [0.4, 0.5) is 0 Å². The molecule has 0 aliphatic heterocycles. The topological polar surface area (TPSA) is 64.2 Å². The molecule has 0 saturated heterocycles. The molecule has 1 saturated carbocycles. The van der Waals surface area contributed by atoms with Crippen LogP contribution in [0.25, 0.3) is 11.0 Å². The Kier molecular flexibility index (Phi) is 4.75. The molecule has 0 spiro atoms. The Morgan fingerprint density at radius 1 is 1.34 bits per heavy atom. The van der Waals surface area contributed by atoms with Gasteiger partial charge in [0, 0.05) is 11.7 Å². The van der Waals surface area contributed by atoms with Gasteiger partial charge >= 0.3 is 0 Å². The zero-order valence-electron chi connectivity index (χ0n) is 18.2. The maximum atomic E-state index is 13.8. The molecule has 0 bridgehead atoms. The molecular weight excluding hydrogens is 364 g/mol. The molecule has 0 unspecified atom stereocenters. The van der Waals surface area contributed by atoms with Crippen molar-refractivity contribution in [3.63, 3.8) is 0 Å². The van der Waals surface area contributed by atoms with Gasteiger partial charge in [-0.25, -0.2) is 9.67 Å². The number of aromatic nitrogens is 3. The zero-order chi connectivity index (χ0) is 20.9. The van der Waals surface area contributed by atoms with Crippen molar-refractivity contribution in [2.24, 2.45) is 0 Å². The maximum Gasteiger partial charge on any atom is 0.255 e. The molecule has 6 nitrogen and oxygen atoms in total. The minimum atomic E-state index is -0.222. The number of amides is 1. The molecule has 3 aromatic heterocycles. The smallest absolute Gasteiger partial charge is 0.255 e. The van der Waals surface area contributed by atoms with Gasteiger partial charge in [-0.15, -0.1) is 0 Å². The second-order valence-electron chi connectivity index (χ2n) is 9.36. The van der Waals surface area contributed by atoms with Gasteiger partial charge in [-0.2, -0.15) is 5.10 Å². The summed E-state index contributed by atoms with van der Waals surface area (Å²) in [6.45, 7) is 13.0. The van der Waals surface area contributed by atoms with E-state index in [1.807, 2.05) is 34.7 Å². The van der Waals surface area contributed by atoms with E-state index < -0.39 is 0 Å². The molecule has 154 valence electrons. The average Bonchev–Trinajstić information content (AvgIpc) is 3.24. The molecule has 0 aromatic carbocycles. The highest BCUT2D eigenvalue weighted by molar-refractivity contribution is 6.06. The molecule has 3 heterocycles. The minimum absolute atomic E-state index is 0.0368. The van der Waals surface area contributed by atoms with Gasteiger partial charge in [0.25, 0.3) is 5.91 Å². The van der Waals surface area contributed by atoms with Gasteiger partial charge in [0.1, 0.15) is 5.76 Å². The van der Waals surface area contributed by atoms with Crippen molar-refractivity contribution >= 4 is 16.9 Å². The Bertz CT molecular complexity index is 1040.